The van der Waals surface area contributed by atoms with Crippen LogP contribution >= 0.6 is 0 Å². The Kier molecular flexibility index (Phi) is 2.92. The van der Waals surface area contributed by atoms with Crippen molar-refractivity contribution in [3.8, 4) is 0 Å². The fourth-order valence-corrected chi connectivity index (χ4v) is 2.11. The zero-order valence-corrected chi connectivity index (χ0v) is 10.2. The van der Waals surface area contributed by atoms with Crippen molar-refractivity contribution in [3.05, 3.63) is 24.0 Å². The van der Waals surface area contributed by atoms with Crippen LogP contribution in [-0.2, 0) is 0 Å². The molecular weight excluding hydrogens is 216 g/mol. The maximum atomic E-state index is 8.55. The van der Waals surface area contributed by atoms with Gasteiger partial charge in [0, 0.05) is 13.1 Å². The Bertz CT molecular complexity index is 425. The van der Waals surface area contributed by atoms with Crippen molar-refractivity contribution >= 4 is 11.5 Å². The molecule has 1 saturated heterocycles. The Morgan fingerprint density at radius 1 is 1.53 bits per heavy atom. The van der Waals surface area contributed by atoms with Crippen LogP contribution in [0.3, 0.4) is 0 Å². The molecular formula is C12H18N4O. The average molecular weight is 234 g/mol. The summed E-state index contributed by atoms with van der Waals surface area (Å²) in [7, 11) is 0. The molecule has 1 aromatic heterocycles. The first kappa shape index (κ1) is 11.7. The highest BCUT2D eigenvalue weighted by Crippen LogP contribution is 2.31. The quantitative estimate of drug-likeness (QED) is 0.351. The zero-order chi connectivity index (χ0) is 12.5. The average Bonchev–Trinajstić information content (AvgIpc) is 2.69. The molecule has 1 fully saturated rings. The number of oxime groups is 1. The van der Waals surface area contributed by atoms with E-state index in [9.17, 15) is 0 Å². The van der Waals surface area contributed by atoms with Gasteiger partial charge in [0.15, 0.2) is 5.84 Å². The predicted octanol–water partition coefficient (Wildman–Crippen LogP) is 1.41. The van der Waals surface area contributed by atoms with Gasteiger partial charge >= 0.3 is 0 Å². The van der Waals surface area contributed by atoms with Crippen molar-refractivity contribution in [2.75, 3.05) is 18.0 Å². The van der Waals surface area contributed by atoms with E-state index in [1.807, 2.05) is 6.07 Å². The number of rotatable bonds is 2. The van der Waals surface area contributed by atoms with E-state index in [0.29, 0.717) is 11.1 Å². The summed E-state index contributed by atoms with van der Waals surface area (Å²) in [4.78, 5) is 6.49. The number of anilines is 1. The van der Waals surface area contributed by atoms with Crippen molar-refractivity contribution in [2.45, 2.75) is 20.3 Å². The molecule has 0 radical (unpaired) electrons. The highest BCUT2D eigenvalue weighted by Gasteiger charge is 2.29. The van der Waals surface area contributed by atoms with E-state index in [4.69, 9.17) is 10.9 Å². The van der Waals surface area contributed by atoms with E-state index >= 15 is 0 Å². The summed E-state index contributed by atoms with van der Waals surface area (Å²) < 4.78 is 0. The minimum atomic E-state index is 0.0401. The minimum Gasteiger partial charge on any atom is -0.409 e. The molecule has 92 valence electrons. The largest absolute Gasteiger partial charge is 0.409 e. The summed E-state index contributed by atoms with van der Waals surface area (Å²) in [5.74, 6) is 0.0401. The summed E-state index contributed by atoms with van der Waals surface area (Å²) in [5, 5.41) is 11.5. The van der Waals surface area contributed by atoms with Crippen LogP contribution in [0.1, 0.15) is 26.0 Å². The second kappa shape index (κ2) is 4.24. The smallest absolute Gasteiger partial charge is 0.188 e. The lowest BCUT2D eigenvalue weighted by Crippen LogP contribution is -2.23. The molecule has 0 saturated carbocycles. The molecule has 0 atom stereocenters. The number of nitrogens with zero attached hydrogens (tertiary/aromatic N) is 3. The Balaban J connectivity index is 2.14. The number of nitrogens with two attached hydrogens (primary N) is 1. The Morgan fingerprint density at radius 2 is 2.29 bits per heavy atom. The maximum Gasteiger partial charge on any atom is 0.188 e. The summed E-state index contributed by atoms with van der Waals surface area (Å²) in [6.07, 6.45) is 2.96. The molecule has 1 aromatic rings. The van der Waals surface area contributed by atoms with Gasteiger partial charge in [0.1, 0.15) is 5.69 Å². The molecule has 2 rings (SSSR count). The van der Waals surface area contributed by atoms with E-state index in [2.05, 4.69) is 28.9 Å². The fraction of sp³-hybridized carbons (Fsp3) is 0.500. The molecule has 2 heterocycles. The summed E-state index contributed by atoms with van der Waals surface area (Å²) in [6.45, 7) is 6.63. The van der Waals surface area contributed by atoms with Crippen LogP contribution in [0.15, 0.2) is 23.5 Å². The predicted molar refractivity (Wildman–Crippen MR) is 67.4 cm³/mol. The van der Waals surface area contributed by atoms with Crippen molar-refractivity contribution in [1.29, 1.82) is 0 Å². The first-order chi connectivity index (χ1) is 8.02. The van der Waals surface area contributed by atoms with Gasteiger partial charge in [-0.3, -0.25) is 4.98 Å². The van der Waals surface area contributed by atoms with Crippen LogP contribution in [-0.4, -0.2) is 29.1 Å². The van der Waals surface area contributed by atoms with E-state index in [0.717, 1.165) is 18.8 Å². The molecule has 0 spiro atoms. The molecule has 0 unspecified atom stereocenters. The van der Waals surface area contributed by atoms with Crippen LogP contribution < -0.4 is 10.6 Å². The lowest BCUT2D eigenvalue weighted by molar-refractivity contribution is 0.318. The van der Waals surface area contributed by atoms with Crippen LogP contribution in [0.5, 0.6) is 0 Å². The van der Waals surface area contributed by atoms with Gasteiger partial charge < -0.3 is 15.8 Å². The molecule has 17 heavy (non-hydrogen) atoms. The Morgan fingerprint density at radius 3 is 2.76 bits per heavy atom. The van der Waals surface area contributed by atoms with Gasteiger partial charge in [-0.25, -0.2) is 0 Å². The molecule has 5 heteroatoms. The highest BCUT2D eigenvalue weighted by atomic mass is 16.4. The minimum absolute atomic E-state index is 0.0401. The van der Waals surface area contributed by atoms with Gasteiger partial charge in [-0.2, -0.15) is 0 Å². The van der Waals surface area contributed by atoms with Gasteiger partial charge in [0.05, 0.1) is 11.9 Å². The highest BCUT2D eigenvalue weighted by molar-refractivity contribution is 5.95. The number of pyridine rings is 1. The second-order valence-corrected chi connectivity index (χ2v) is 5.22. The summed E-state index contributed by atoms with van der Waals surface area (Å²) >= 11 is 0. The zero-order valence-electron chi connectivity index (χ0n) is 10.2. The van der Waals surface area contributed by atoms with Crippen molar-refractivity contribution in [2.24, 2.45) is 16.3 Å². The normalized spacial score (nSPS) is 19.6. The van der Waals surface area contributed by atoms with Crippen molar-refractivity contribution in [1.82, 2.24) is 4.98 Å². The van der Waals surface area contributed by atoms with E-state index < -0.39 is 0 Å². The van der Waals surface area contributed by atoms with Gasteiger partial charge in [0.2, 0.25) is 0 Å². The number of hydrogen-bond donors (Lipinski definition) is 2. The van der Waals surface area contributed by atoms with Crippen molar-refractivity contribution in [3.63, 3.8) is 0 Å². The number of aromatic nitrogens is 1. The van der Waals surface area contributed by atoms with Gasteiger partial charge in [0.25, 0.3) is 0 Å². The van der Waals surface area contributed by atoms with E-state index in [-0.39, 0.29) is 5.84 Å². The second-order valence-electron chi connectivity index (χ2n) is 5.22. The summed E-state index contributed by atoms with van der Waals surface area (Å²) in [5.41, 5.74) is 7.41. The molecule has 0 bridgehead atoms. The van der Waals surface area contributed by atoms with Crippen LogP contribution in [0.4, 0.5) is 5.69 Å². The van der Waals surface area contributed by atoms with Gasteiger partial charge in [-0.1, -0.05) is 19.0 Å². The maximum absolute atomic E-state index is 8.55. The Hall–Kier alpha value is -1.78. The number of hydrogen-bond acceptors (Lipinski definition) is 4. The van der Waals surface area contributed by atoms with Crippen molar-refractivity contribution < 1.29 is 5.21 Å². The molecule has 1 aliphatic rings. The van der Waals surface area contributed by atoms with Crippen LogP contribution in [0.2, 0.25) is 0 Å². The molecule has 3 N–H and O–H groups in total. The molecule has 0 aliphatic carbocycles. The Labute approximate surface area is 101 Å². The topological polar surface area (TPSA) is 74.7 Å². The lowest BCUT2D eigenvalue weighted by atomic mass is 9.93. The third-order valence-corrected chi connectivity index (χ3v) is 3.16. The third kappa shape index (κ3) is 2.49. The fourth-order valence-electron chi connectivity index (χ4n) is 2.11. The van der Waals surface area contributed by atoms with E-state index in [1.54, 1.807) is 12.3 Å². The first-order valence-electron chi connectivity index (χ1n) is 5.71. The monoisotopic (exact) mass is 234 g/mol. The molecule has 1 aliphatic heterocycles. The first-order valence-corrected chi connectivity index (χ1v) is 5.71. The summed E-state index contributed by atoms with van der Waals surface area (Å²) in [6, 6.07) is 3.73. The SMILES string of the molecule is CC1(C)CCN(c2ccc(/C(N)=N/O)nc2)C1. The van der Waals surface area contributed by atoms with Crippen LogP contribution in [0, 0.1) is 5.41 Å². The standard InChI is InChI=1S/C12H18N4O/c1-12(2)5-6-16(8-12)9-3-4-10(14-7-9)11(13)15-17/h3-4,7,17H,5-6,8H2,1-2H3,(H2,13,15). The molecule has 0 amide bonds. The molecule has 5 nitrogen and oxygen atoms in total. The van der Waals surface area contributed by atoms with E-state index in [1.165, 1.54) is 6.42 Å². The van der Waals surface area contributed by atoms with Gasteiger partial charge in [-0.05, 0) is 24.0 Å². The van der Waals surface area contributed by atoms with Crippen LogP contribution in [0.25, 0.3) is 0 Å². The molecule has 0 aromatic carbocycles. The third-order valence-electron chi connectivity index (χ3n) is 3.16. The number of amidine groups is 1. The lowest BCUT2D eigenvalue weighted by Gasteiger charge is -2.21. The van der Waals surface area contributed by atoms with Gasteiger partial charge in [-0.15, -0.1) is 0 Å².